The first-order valence-corrected chi connectivity index (χ1v) is 7.05. The molecule has 0 spiro atoms. The van der Waals surface area contributed by atoms with E-state index in [1.54, 1.807) is 0 Å². The van der Waals surface area contributed by atoms with Crippen molar-refractivity contribution in [1.29, 1.82) is 0 Å². The van der Waals surface area contributed by atoms with E-state index in [-0.39, 0.29) is 0 Å². The van der Waals surface area contributed by atoms with Crippen molar-refractivity contribution in [2.75, 3.05) is 18.0 Å². The van der Waals surface area contributed by atoms with Crippen LogP contribution >= 0.6 is 0 Å². The van der Waals surface area contributed by atoms with Crippen LogP contribution in [0.2, 0.25) is 0 Å². The predicted octanol–water partition coefficient (Wildman–Crippen LogP) is 2.36. The van der Waals surface area contributed by atoms with Crippen LogP contribution in [0.1, 0.15) is 45.1 Å². The topological polar surface area (TPSA) is 41.1 Å². The lowest BCUT2D eigenvalue weighted by atomic mass is 10.2. The van der Waals surface area contributed by atoms with Crippen LogP contribution in [0.5, 0.6) is 0 Å². The Bertz CT molecular complexity index is 339. The first-order chi connectivity index (χ1) is 8.75. The van der Waals surface area contributed by atoms with E-state index in [0.717, 1.165) is 31.1 Å². The number of nitrogens with zero attached hydrogens (tertiary/aromatic N) is 3. The SMILES string of the molecule is CC(C)NCc1cnc(N2CCCCCC2)nc1. The van der Waals surface area contributed by atoms with Gasteiger partial charge in [-0.25, -0.2) is 9.97 Å². The number of anilines is 1. The van der Waals surface area contributed by atoms with Crippen LogP contribution in [0, 0.1) is 0 Å². The smallest absolute Gasteiger partial charge is 0.225 e. The Morgan fingerprint density at radius 1 is 1.11 bits per heavy atom. The fourth-order valence-corrected chi connectivity index (χ4v) is 2.20. The summed E-state index contributed by atoms with van der Waals surface area (Å²) in [7, 11) is 0. The molecule has 0 unspecified atom stereocenters. The molecule has 4 heteroatoms. The van der Waals surface area contributed by atoms with Crippen LogP contribution in [0.15, 0.2) is 12.4 Å². The molecule has 1 N–H and O–H groups in total. The highest BCUT2D eigenvalue weighted by molar-refractivity contribution is 5.29. The number of hydrogen-bond donors (Lipinski definition) is 1. The molecule has 0 bridgehead atoms. The minimum Gasteiger partial charge on any atom is -0.341 e. The zero-order chi connectivity index (χ0) is 12.8. The van der Waals surface area contributed by atoms with Gasteiger partial charge in [-0.3, -0.25) is 0 Å². The summed E-state index contributed by atoms with van der Waals surface area (Å²) in [5.74, 6) is 0.894. The molecule has 1 aromatic rings. The minimum absolute atomic E-state index is 0.496. The molecule has 0 saturated carbocycles. The van der Waals surface area contributed by atoms with E-state index in [9.17, 15) is 0 Å². The van der Waals surface area contributed by atoms with Gasteiger partial charge in [-0.15, -0.1) is 0 Å². The third-order valence-corrected chi connectivity index (χ3v) is 3.30. The molecular weight excluding hydrogens is 224 g/mol. The lowest BCUT2D eigenvalue weighted by Gasteiger charge is -2.20. The molecule has 1 aliphatic heterocycles. The van der Waals surface area contributed by atoms with E-state index >= 15 is 0 Å². The van der Waals surface area contributed by atoms with Crippen molar-refractivity contribution in [3.63, 3.8) is 0 Å². The third-order valence-electron chi connectivity index (χ3n) is 3.30. The maximum Gasteiger partial charge on any atom is 0.225 e. The highest BCUT2D eigenvalue weighted by atomic mass is 15.2. The molecule has 0 amide bonds. The number of nitrogens with one attached hydrogen (secondary N) is 1. The second-order valence-electron chi connectivity index (χ2n) is 5.33. The average molecular weight is 248 g/mol. The van der Waals surface area contributed by atoms with Crippen LogP contribution < -0.4 is 10.2 Å². The summed E-state index contributed by atoms with van der Waals surface area (Å²) in [6.07, 6.45) is 9.10. The Balaban J connectivity index is 1.93. The van der Waals surface area contributed by atoms with E-state index in [1.165, 1.54) is 25.7 Å². The van der Waals surface area contributed by atoms with E-state index in [0.29, 0.717) is 6.04 Å². The van der Waals surface area contributed by atoms with Gasteiger partial charge in [-0.1, -0.05) is 26.7 Å². The summed E-state index contributed by atoms with van der Waals surface area (Å²) in [6.45, 7) is 7.34. The minimum atomic E-state index is 0.496. The van der Waals surface area contributed by atoms with Gasteiger partial charge in [0.15, 0.2) is 0 Å². The van der Waals surface area contributed by atoms with Gasteiger partial charge < -0.3 is 10.2 Å². The van der Waals surface area contributed by atoms with Gasteiger partial charge in [-0.05, 0) is 12.8 Å². The second-order valence-corrected chi connectivity index (χ2v) is 5.33. The molecule has 1 fully saturated rings. The lowest BCUT2D eigenvalue weighted by Crippen LogP contribution is -2.26. The monoisotopic (exact) mass is 248 g/mol. The quantitative estimate of drug-likeness (QED) is 0.888. The standard InChI is InChI=1S/C14H24N4/c1-12(2)15-9-13-10-16-14(17-11-13)18-7-5-3-4-6-8-18/h10-12,15H,3-9H2,1-2H3. The summed E-state index contributed by atoms with van der Waals surface area (Å²) < 4.78 is 0. The molecule has 100 valence electrons. The first kappa shape index (κ1) is 13.3. The van der Waals surface area contributed by atoms with Crippen LogP contribution in [-0.2, 0) is 6.54 Å². The zero-order valence-electron chi connectivity index (χ0n) is 11.5. The molecular formula is C14H24N4. The van der Waals surface area contributed by atoms with Gasteiger partial charge in [0.2, 0.25) is 5.95 Å². The molecule has 1 aliphatic rings. The molecule has 1 saturated heterocycles. The van der Waals surface area contributed by atoms with Crippen molar-refractivity contribution in [2.45, 2.75) is 52.1 Å². The molecule has 2 rings (SSSR count). The summed E-state index contributed by atoms with van der Waals surface area (Å²) in [4.78, 5) is 11.3. The molecule has 0 atom stereocenters. The molecule has 0 radical (unpaired) electrons. The van der Waals surface area contributed by atoms with E-state index in [2.05, 4.69) is 34.0 Å². The Hall–Kier alpha value is -1.16. The fraction of sp³-hybridized carbons (Fsp3) is 0.714. The van der Waals surface area contributed by atoms with E-state index in [1.807, 2.05) is 12.4 Å². The van der Waals surface area contributed by atoms with Crippen molar-refractivity contribution in [1.82, 2.24) is 15.3 Å². The van der Waals surface area contributed by atoms with Crippen LogP contribution in [0.3, 0.4) is 0 Å². The molecule has 18 heavy (non-hydrogen) atoms. The molecule has 4 nitrogen and oxygen atoms in total. The fourth-order valence-electron chi connectivity index (χ4n) is 2.20. The predicted molar refractivity (Wildman–Crippen MR) is 74.7 cm³/mol. The highest BCUT2D eigenvalue weighted by Gasteiger charge is 2.11. The van der Waals surface area contributed by atoms with Gasteiger partial charge in [0.25, 0.3) is 0 Å². The Labute approximate surface area is 110 Å². The van der Waals surface area contributed by atoms with Crippen molar-refractivity contribution in [3.05, 3.63) is 18.0 Å². The molecule has 2 heterocycles. The van der Waals surface area contributed by atoms with Crippen LogP contribution in [0.25, 0.3) is 0 Å². The maximum atomic E-state index is 4.50. The summed E-state index contributed by atoms with van der Waals surface area (Å²) >= 11 is 0. The van der Waals surface area contributed by atoms with Crippen molar-refractivity contribution in [3.8, 4) is 0 Å². The normalized spacial score (nSPS) is 16.9. The van der Waals surface area contributed by atoms with Crippen LogP contribution in [-0.4, -0.2) is 29.1 Å². The van der Waals surface area contributed by atoms with Gasteiger partial charge in [-0.2, -0.15) is 0 Å². The zero-order valence-corrected chi connectivity index (χ0v) is 11.5. The van der Waals surface area contributed by atoms with E-state index in [4.69, 9.17) is 0 Å². The Morgan fingerprint density at radius 3 is 2.28 bits per heavy atom. The van der Waals surface area contributed by atoms with E-state index < -0.39 is 0 Å². The van der Waals surface area contributed by atoms with Crippen molar-refractivity contribution < 1.29 is 0 Å². The average Bonchev–Trinajstić information content (AvgIpc) is 2.66. The van der Waals surface area contributed by atoms with Gasteiger partial charge in [0, 0.05) is 43.6 Å². The summed E-state index contributed by atoms with van der Waals surface area (Å²) in [6, 6.07) is 0.496. The Morgan fingerprint density at radius 2 is 1.72 bits per heavy atom. The molecule has 0 aliphatic carbocycles. The van der Waals surface area contributed by atoms with Gasteiger partial charge >= 0.3 is 0 Å². The maximum absolute atomic E-state index is 4.50. The number of aromatic nitrogens is 2. The van der Waals surface area contributed by atoms with Crippen molar-refractivity contribution in [2.24, 2.45) is 0 Å². The largest absolute Gasteiger partial charge is 0.341 e. The van der Waals surface area contributed by atoms with Gasteiger partial charge in [0.1, 0.15) is 0 Å². The van der Waals surface area contributed by atoms with Crippen molar-refractivity contribution >= 4 is 5.95 Å². The first-order valence-electron chi connectivity index (χ1n) is 7.05. The highest BCUT2D eigenvalue weighted by Crippen LogP contribution is 2.15. The second kappa shape index (κ2) is 6.69. The third kappa shape index (κ3) is 3.95. The number of hydrogen-bond acceptors (Lipinski definition) is 4. The van der Waals surface area contributed by atoms with Crippen LogP contribution in [0.4, 0.5) is 5.95 Å². The number of rotatable bonds is 4. The summed E-state index contributed by atoms with van der Waals surface area (Å²) in [5.41, 5.74) is 1.15. The molecule has 1 aromatic heterocycles. The molecule has 0 aromatic carbocycles. The Kier molecular flexibility index (Phi) is 4.93. The summed E-state index contributed by atoms with van der Waals surface area (Å²) in [5, 5.41) is 3.38. The van der Waals surface area contributed by atoms with Gasteiger partial charge in [0.05, 0.1) is 0 Å². The lowest BCUT2D eigenvalue weighted by molar-refractivity contribution is 0.586.